The Balaban J connectivity index is 2.28. The first-order chi connectivity index (χ1) is 13.9. The van der Waals surface area contributed by atoms with Crippen LogP contribution in [-0.2, 0) is 15.0 Å². The van der Waals surface area contributed by atoms with Gasteiger partial charge in [-0.2, -0.15) is 0 Å². The molecule has 174 valence electrons. The lowest BCUT2D eigenvalue weighted by atomic mass is 9.82. The fourth-order valence-electron chi connectivity index (χ4n) is 2.90. The third kappa shape index (κ3) is 6.90. The number of likely N-dealkylation sites (tertiary alicyclic amines) is 1. The molecule has 0 unspecified atom stereocenters. The molecule has 31 heavy (non-hydrogen) atoms. The van der Waals surface area contributed by atoms with Crippen LogP contribution in [0.3, 0.4) is 0 Å². The zero-order valence-electron chi connectivity index (χ0n) is 18.1. The minimum absolute atomic E-state index is 0.0972. The lowest BCUT2D eigenvalue weighted by Gasteiger charge is -2.50. The Morgan fingerprint density at radius 2 is 1.55 bits per heavy atom. The number of ether oxygens (including phenoxy) is 3. The molecule has 1 aliphatic heterocycles. The molecule has 1 saturated heterocycles. The van der Waals surface area contributed by atoms with Crippen molar-refractivity contribution in [1.82, 2.24) is 10.2 Å². The molecule has 1 aliphatic rings. The number of carbonyl (C=O) groups excluding carboxylic acids is 2. The van der Waals surface area contributed by atoms with E-state index < -0.39 is 46.9 Å². The Kier molecular flexibility index (Phi) is 6.40. The summed E-state index contributed by atoms with van der Waals surface area (Å²) in [7, 11) is 0. The van der Waals surface area contributed by atoms with E-state index in [4.69, 9.17) is 9.47 Å². The highest BCUT2D eigenvalue weighted by molar-refractivity contribution is 5.73. The third-order valence-corrected chi connectivity index (χ3v) is 4.02. The number of amides is 2. The van der Waals surface area contributed by atoms with E-state index in [-0.39, 0.29) is 18.7 Å². The maximum Gasteiger partial charge on any atom is 0.573 e. The monoisotopic (exact) mass is 450 g/mol. The average molecular weight is 450 g/mol. The number of rotatable bonds is 3. The van der Waals surface area contributed by atoms with Crippen molar-refractivity contribution >= 4 is 12.2 Å². The van der Waals surface area contributed by atoms with Crippen LogP contribution in [0.1, 0.15) is 47.1 Å². The Bertz CT molecular complexity index is 837. The van der Waals surface area contributed by atoms with Gasteiger partial charge in [0.15, 0.2) is 11.6 Å². The lowest BCUT2D eigenvalue weighted by Crippen LogP contribution is -2.69. The summed E-state index contributed by atoms with van der Waals surface area (Å²) in [6.07, 6.45) is -6.53. The van der Waals surface area contributed by atoms with Crippen LogP contribution in [0, 0.1) is 5.82 Å². The first-order valence-corrected chi connectivity index (χ1v) is 9.44. The molecule has 1 aromatic rings. The van der Waals surface area contributed by atoms with Crippen molar-refractivity contribution in [2.24, 2.45) is 0 Å². The average Bonchev–Trinajstić information content (AvgIpc) is 2.47. The molecular weight excluding hydrogens is 424 g/mol. The maximum absolute atomic E-state index is 14.3. The molecule has 2 rings (SSSR count). The molecular formula is C20H26F4N2O5. The predicted molar refractivity (Wildman–Crippen MR) is 102 cm³/mol. The number of alkyl halides is 3. The molecule has 0 atom stereocenters. The van der Waals surface area contributed by atoms with E-state index in [0.717, 1.165) is 12.1 Å². The molecule has 11 heteroatoms. The summed E-state index contributed by atoms with van der Waals surface area (Å²) in [5.74, 6) is -2.28. The molecule has 0 bridgehead atoms. The van der Waals surface area contributed by atoms with Gasteiger partial charge in [0.25, 0.3) is 0 Å². The van der Waals surface area contributed by atoms with Crippen molar-refractivity contribution in [3.8, 4) is 5.75 Å². The molecule has 0 saturated carbocycles. The van der Waals surface area contributed by atoms with Crippen LogP contribution in [0.25, 0.3) is 0 Å². The molecule has 0 spiro atoms. The Morgan fingerprint density at radius 3 is 2.00 bits per heavy atom. The highest BCUT2D eigenvalue weighted by Gasteiger charge is 2.50. The third-order valence-electron chi connectivity index (χ3n) is 4.02. The summed E-state index contributed by atoms with van der Waals surface area (Å²) < 4.78 is 65.7. The molecule has 0 radical (unpaired) electrons. The number of halogens is 4. The van der Waals surface area contributed by atoms with Gasteiger partial charge in [0, 0.05) is 0 Å². The highest BCUT2D eigenvalue weighted by Crippen LogP contribution is 2.36. The summed E-state index contributed by atoms with van der Waals surface area (Å²) >= 11 is 0. The van der Waals surface area contributed by atoms with Crippen LogP contribution >= 0.6 is 0 Å². The van der Waals surface area contributed by atoms with E-state index in [2.05, 4.69) is 10.1 Å². The molecule has 0 aromatic heterocycles. The molecule has 1 aromatic carbocycles. The zero-order chi connectivity index (χ0) is 23.8. The normalized spacial score (nSPS) is 16.3. The lowest BCUT2D eigenvalue weighted by molar-refractivity contribution is -0.275. The van der Waals surface area contributed by atoms with Gasteiger partial charge in [-0.3, -0.25) is 0 Å². The number of carbonyl (C=O) groups is 2. The van der Waals surface area contributed by atoms with Crippen LogP contribution in [0.4, 0.5) is 27.2 Å². The second-order valence-electron chi connectivity index (χ2n) is 9.24. The number of nitrogens with one attached hydrogen (secondary N) is 1. The van der Waals surface area contributed by atoms with Gasteiger partial charge >= 0.3 is 18.5 Å². The smallest absolute Gasteiger partial charge is 0.444 e. The first kappa shape index (κ1) is 24.5. The second-order valence-corrected chi connectivity index (χ2v) is 9.24. The minimum Gasteiger partial charge on any atom is -0.444 e. The fraction of sp³-hybridized carbons (Fsp3) is 0.600. The molecule has 0 aliphatic carbocycles. The summed E-state index contributed by atoms with van der Waals surface area (Å²) in [4.78, 5) is 25.9. The van der Waals surface area contributed by atoms with E-state index in [0.29, 0.717) is 0 Å². The van der Waals surface area contributed by atoms with Crippen LogP contribution < -0.4 is 10.1 Å². The first-order valence-electron chi connectivity index (χ1n) is 9.44. The zero-order valence-corrected chi connectivity index (χ0v) is 18.1. The summed E-state index contributed by atoms with van der Waals surface area (Å²) in [6, 6.07) is 2.83. The van der Waals surface area contributed by atoms with E-state index in [9.17, 15) is 27.2 Å². The van der Waals surface area contributed by atoms with Crippen LogP contribution in [-0.4, -0.2) is 47.7 Å². The Labute approximate surface area is 177 Å². The van der Waals surface area contributed by atoms with Gasteiger partial charge in [-0.15, -0.1) is 13.2 Å². The topological polar surface area (TPSA) is 77.1 Å². The number of hydrogen-bond acceptors (Lipinski definition) is 5. The SMILES string of the molecule is CC(C)(C)OC(=O)NC1(c2ccc(OC(F)(F)F)c(F)c2)CN(C(=O)OC(C)(C)C)C1. The second kappa shape index (κ2) is 8.08. The summed E-state index contributed by atoms with van der Waals surface area (Å²) in [5, 5.41) is 2.61. The van der Waals surface area contributed by atoms with Crippen LogP contribution in [0.2, 0.25) is 0 Å². The van der Waals surface area contributed by atoms with Crippen molar-refractivity contribution in [3.63, 3.8) is 0 Å². The molecule has 1 fully saturated rings. The molecule has 1 N–H and O–H groups in total. The summed E-state index contributed by atoms with van der Waals surface area (Å²) in [6.45, 7) is 9.81. The van der Waals surface area contributed by atoms with Gasteiger partial charge in [-0.1, -0.05) is 6.07 Å². The van der Waals surface area contributed by atoms with Gasteiger partial charge in [0.05, 0.1) is 13.1 Å². The van der Waals surface area contributed by atoms with Crippen molar-refractivity contribution in [2.75, 3.05) is 13.1 Å². The minimum atomic E-state index is -5.06. The van der Waals surface area contributed by atoms with E-state index in [1.165, 1.54) is 11.0 Å². The molecule has 2 amide bonds. The van der Waals surface area contributed by atoms with Gasteiger partial charge in [0.2, 0.25) is 0 Å². The Morgan fingerprint density at radius 1 is 1.00 bits per heavy atom. The van der Waals surface area contributed by atoms with Gasteiger partial charge in [-0.05, 0) is 59.2 Å². The van der Waals surface area contributed by atoms with Crippen LogP contribution in [0.15, 0.2) is 18.2 Å². The number of alkyl carbamates (subject to hydrolysis) is 1. The van der Waals surface area contributed by atoms with E-state index in [1.54, 1.807) is 41.5 Å². The quantitative estimate of drug-likeness (QED) is 0.676. The molecule has 1 heterocycles. The van der Waals surface area contributed by atoms with Crippen molar-refractivity contribution in [2.45, 2.75) is 64.6 Å². The van der Waals surface area contributed by atoms with Crippen LogP contribution in [0.5, 0.6) is 5.75 Å². The standard InChI is InChI=1S/C20H26F4N2O5/c1-17(2,3)30-15(27)25-19(10-26(11-19)16(28)31-18(4,5)6)12-7-8-14(13(21)9-12)29-20(22,23)24/h7-9H,10-11H2,1-6H3,(H,25,27). The van der Waals surface area contributed by atoms with Crippen molar-refractivity contribution in [1.29, 1.82) is 0 Å². The van der Waals surface area contributed by atoms with Gasteiger partial charge < -0.3 is 24.4 Å². The molecule has 7 nitrogen and oxygen atoms in total. The van der Waals surface area contributed by atoms with Gasteiger partial charge in [-0.25, -0.2) is 14.0 Å². The largest absolute Gasteiger partial charge is 0.573 e. The van der Waals surface area contributed by atoms with Crippen molar-refractivity contribution in [3.05, 3.63) is 29.6 Å². The van der Waals surface area contributed by atoms with Crippen molar-refractivity contribution < 1.29 is 41.4 Å². The predicted octanol–water partition coefficient (Wildman–Crippen LogP) is 4.70. The highest BCUT2D eigenvalue weighted by atomic mass is 19.4. The van der Waals surface area contributed by atoms with E-state index in [1.807, 2.05) is 0 Å². The maximum atomic E-state index is 14.3. The van der Waals surface area contributed by atoms with E-state index >= 15 is 0 Å². The summed E-state index contributed by atoms with van der Waals surface area (Å²) in [5.41, 5.74) is -2.71. The number of hydrogen-bond donors (Lipinski definition) is 1. The number of nitrogens with zero attached hydrogens (tertiary/aromatic N) is 1. The van der Waals surface area contributed by atoms with Gasteiger partial charge in [0.1, 0.15) is 16.7 Å². The number of benzene rings is 1. The Hall–Kier alpha value is -2.72. The fourth-order valence-corrected chi connectivity index (χ4v) is 2.90.